The molecule has 1 fully saturated rings. The van der Waals surface area contributed by atoms with Crippen LogP contribution in [0.2, 0.25) is 0 Å². The fraction of sp³-hybridized carbons (Fsp3) is 0.321. The predicted octanol–water partition coefficient (Wildman–Crippen LogP) is 6.24. The van der Waals surface area contributed by atoms with Crippen LogP contribution in [0.15, 0.2) is 106 Å². The van der Waals surface area contributed by atoms with Gasteiger partial charge < -0.3 is 9.84 Å². The summed E-state index contributed by atoms with van der Waals surface area (Å²) in [5.41, 5.74) is 0. The van der Waals surface area contributed by atoms with Crippen LogP contribution in [0.5, 0.6) is 0 Å². The monoisotopic (exact) mass is 565 g/mol. The molecule has 0 bridgehead atoms. The van der Waals surface area contributed by atoms with Gasteiger partial charge in [0.1, 0.15) is 0 Å². The molecule has 0 heterocycles. The minimum absolute atomic E-state index is 0.0542. The molecule has 3 aromatic rings. The lowest BCUT2D eigenvalue weighted by Gasteiger charge is -2.35. The van der Waals surface area contributed by atoms with Gasteiger partial charge in [-0.3, -0.25) is 3.63 Å². The Morgan fingerprint density at radius 2 is 1.18 bits per heavy atom. The Morgan fingerprint density at radius 1 is 0.789 bits per heavy atom. The second-order valence-corrected chi connectivity index (χ2v) is 13.9. The quantitative estimate of drug-likeness (QED) is 0.178. The maximum absolute atomic E-state index is 15.4. The standard InChI is InChI=1S/C28H30F2O6S2/c29-28(30,27(32)35-21-23-18-16-22(20-31)17-19-23)38(33,34)36-37(24-10-4-1-5-11-24,25-12-6-2-7-13-25)26-14-8-3-9-15-26/h1-15,22-23,31H,16-21H2/p+1. The minimum atomic E-state index is -5.71. The zero-order valence-electron chi connectivity index (χ0n) is 20.7. The molecule has 0 unspecified atom stereocenters. The molecule has 1 aliphatic rings. The Bertz CT molecular complexity index is 1200. The molecule has 0 spiro atoms. The van der Waals surface area contributed by atoms with Gasteiger partial charge in [0, 0.05) is 6.61 Å². The van der Waals surface area contributed by atoms with Crippen molar-refractivity contribution in [3.63, 3.8) is 0 Å². The lowest BCUT2D eigenvalue weighted by molar-refractivity contribution is -0.163. The summed E-state index contributed by atoms with van der Waals surface area (Å²) in [7, 11) is -8.83. The van der Waals surface area contributed by atoms with Crippen molar-refractivity contribution in [2.45, 2.75) is 45.6 Å². The van der Waals surface area contributed by atoms with Crippen LogP contribution >= 0.6 is 10.3 Å². The molecular weight excluding hydrogens is 534 g/mol. The molecule has 3 aromatic carbocycles. The summed E-state index contributed by atoms with van der Waals surface area (Å²) in [5.74, 6) is -2.15. The zero-order chi connectivity index (χ0) is 27.2. The number of halogens is 2. The van der Waals surface area contributed by atoms with E-state index in [1.165, 1.54) is 0 Å². The summed E-state index contributed by atoms with van der Waals surface area (Å²) in [6, 6.07) is 25.2. The Balaban J connectivity index is 1.68. The van der Waals surface area contributed by atoms with Gasteiger partial charge in [-0.1, -0.05) is 54.6 Å². The second-order valence-electron chi connectivity index (χ2n) is 9.25. The van der Waals surface area contributed by atoms with E-state index in [2.05, 4.69) is 3.63 Å². The SMILES string of the molecule is O=C(OCC1CCC(CO)CC1)C(F)(F)S(=O)(=O)[OH+]S(c1ccccc1)(c1ccccc1)c1ccccc1. The number of aliphatic hydroxyl groups is 1. The molecule has 0 atom stereocenters. The van der Waals surface area contributed by atoms with E-state index in [0.29, 0.717) is 40.4 Å². The number of benzene rings is 3. The Morgan fingerprint density at radius 3 is 1.58 bits per heavy atom. The average Bonchev–Trinajstić information content (AvgIpc) is 2.96. The topological polar surface area (TPSA) is 93.5 Å². The summed E-state index contributed by atoms with van der Waals surface area (Å²) in [6.45, 7) is -0.255. The smallest absolute Gasteiger partial charge is 0.460 e. The number of alkyl halides is 2. The minimum Gasteiger partial charge on any atom is -0.460 e. The average molecular weight is 566 g/mol. The highest BCUT2D eigenvalue weighted by atomic mass is 32.3. The third-order valence-corrected chi connectivity index (χ3v) is 12.1. The highest BCUT2D eigenvalue weighted by Crippen LogP contribution is 2.68. The van der Waals surface area contributed by atoms with E-state index in [1.54, 1.807) is 91.0 Å². The molecular formula is C28H31F2O6S2+. The van der Waals surface area contributed by atoms with Crippen LogP contribution in [-0.4, -0.2) is 41.6 Å². The van der Waals surface area contributed by atoms with E-state index in [9.17, 15) is 18.3 Å². The summed E-state index contributed by atoms with van der Waals surface area (Å²) >= 11 is 0. The summed E-state index contributed by atoms with van der Waals surface area (Å²) < 4.78 is 66.2. The number of carbonyl (C=O) groups excluding carboxylic acids is 1. The summed E-state index contributed by atoms with van der Waals surface area (Å²) in [6.07, 6.45) is 2.59. The number of esters is 1. The molecule has 204 valence electrons. The largest absolute Gasteiger partial charge is 0.514 e. The molecule has 38 heavy (non-hydrogen) atoms. The van der Waals surface area contributed by atoms with Crippen molar-refractivity contribution in [3.05, 3.63) is 91.0 Å². The van der Waals surface area contributed by atoms with Crippen molar-refractivity contribution in [1.29, 1.82) is 0 Å². The van der Waals surface area contributed by atoms with Gasteiger partial charge in [0.05, 0.1) is 31.6 Å². The van der Waals surface area contributed by atoms with E-state index >= 15 is 8.78 Å². The van der Waals surface area contributed by atoms with Crippen LogP contribution in [0.1, 0.15) is 25.7 Å². The van der Waals surface area contributed by atoms with E-state index in [1.807, 2.05) is 0 Å². The summed E-state index contributed by atoms with van der Waals surface area (Å²) in [4.78, 5) is 13.8. The van der Waals surface area contributed by atoms with Gasteiger partial charge >= 0.3 is 21.3 Å². The summed E-state index contributed by atoms with van der Waals surface area (Å²) in [5, 5.41) is 4.39. The van der Waals surface area contributed by atoms with Gasteiger partial charge in [0.2, 0.25) is 0 Å². The van der Waals surface area contributed by atoms with Gasteiger partial charge in [-0.05, 0) is 73.9 Å². The van der Waals surface area contributed by atoms with Crippen LogP contribution in [0.25, 0.3) is 0 Å². The molecule has 0 aromatic heterocycles. The first kappa shape index (κ1) is 28.2. The zero-order valence-corrected chi connectivity index (χ0v) is 22.3. The fourth-order valence-corrected chi connectivity index (χ4v) is 9.87. The Kier molecular flexibility index (Phi) is 8.87. The molecule has 1 saturated carbocycles. The number of rotatable bonds is 10. The van der Waals surface area contributed by atoms with Crippen molar-refractivity contribution < 1.29 is 35.5 Å². The van der Waals surface area contributed by atoms with Gasteiger partial charge in [0.15, 0.2) is 0 Å². The Labute approximate surface area is 223 Å². The third-order valence-electron chi connectivity index (χ3n) is 6.70. The van der Waals surface area contributed by atoms with Gasteiger partial charge in [-0.15, -0.1) is 8.42 Å². The van der Waals surface area contributed by atoms with E-state index in [0.717, 1.165) is 0 Å². The molecule has 0 amide bonds. The van der Waals surface area contributed by atoms with Crippen LogP contribution in [0.3, 0.4) is 0 Å². The number of ether oxygens (including phenoxy) is 1. The molecule has 10 heteroatoms. The lowest BCUT2D eigenvalue weighted by atomic mass is 9.83. The van der Waals surface area contributed by atoms with Crippen LogP contribution < -0.4 is 0 Å². The maximum Gasteiger partial charge on any atom is 0.514 e. The van der Waals surface area contributed by atoms with Crippen molar-refractivity contribution in [3.8, 4) is 0 Å². The van der Waals surface area contributed by atoms with E-state index in [-0.39, 0.29) is 25.0 Å². The maximum atomic E-state index is 15.4. The normalized spacial score (nSPS) is 19.0. The Hall–Kier alpha value is -2.79. The fourth-order valence-electron chi connectivity index (χ4n) is 4.55. The molecule has 2 N–H and O–H groups in total. The lowest BCUT2D eigenvalue weighted by Crippen LogP contribution is -2.43. The van der Waals surface area contributed by atoms with Crippen molar-refractivity contribution in [2.75, 3.05) is 13.2 Å². The molecule has 0 saturated heterocycles. The highest BCUT2D eigenvalue weighted by molar-refractivity contribution is 8.32. The van der Waals surface area contributed by atoms with Crippen LogP contribution in [-0.2, 0) is 19.6 Å². The van der Waals surface area contributed by atoms with E-state index < -0.39 is 31.7 Å². The van der Waals surface area contributed by atoms with Crippen molar-refractivity contribution in [2.24, 2.45) is 11.8 Å². The number of hydrogen-bond acceptors (Lipinski definition) is 5. The molecule has 4 rings (SSSR count). The molecule has 0 radical (unpaired) electrons. The highest BCUT2D eigenvalue weighted by Gasteiger charge is 2.63. The molecule has 6 nitrogen and oxygen atoms in total. The van der Waals surface area contributed by atoms with Crippen molar-refractivity contribution >= 4 is 26.4 Å². The number of carbonyl (C=O) groups is 1. The third kappa shape index (κ3) is 5.78. The first-order valence-electron chi connectivity index (χ1n) is 12.3. The van der Waals surface area contributed by atoms with Gasteiger partial charge in [-0.25, -0.2) is 4.79 Å². The first-order chi connectivity index (χ1) is 18.2. The van der Waals surface area contributed by atoms with Crippen molar-refractivity contribution in [1.82, 2.24) is 0 Å². The van der Waals surface area contributed by atoms with Crippen LogP contribution in [0, 0.1) is 11.8 Å². The number of hydrogen-bond donors (Lipinski definition) is 1. The van der Waals surface area contributed by atoms with Gasteiger partial charge in [0.25, 0.3) is 0 Å². The van der Waals surface area contributed by atoms with Crippen LogP contribution in [0.4, 0.5) is 8.78 Å². The first-order valence-corrected chi connectivity index (χ1v) is 15.4. The number of aliphatic hydroxyl groups excluding tert-OH is 1. The second kappa shape index (κ2) is 11.9. The molecule has 1 aliphatic carbocycles. The van der Waals surface area contributed by atoms with Gasteiger partial charge in [-0.2, -0.15) is 8.78 Å². The molecule has 0 aliphatic heterocycles. The van der Waals surface area contributed by atoms with E-state index in [4.69, 9.17) is 4.74 Å². The predicted molar refractivity (Wildman–Crippen MR) is 142 cm³/mol.